The van der Waals surface area contributed by atoms with Crippen molar-refractivity contribution in [2.75, 3.05) is 21.1 Å². The van der Waals surface area contributed by atoms with Gasteiger partial charge in [0, 0.05) is 27.6 Å². The van der Waals surface area contributed by atoms with Gasteiger partial charge in [0.15, 0.2) is 0 Å². The molecule has 2 unspecified atom stereocenters. The molecule has 2 rings (SSSR count). The molecule has 1 aliphatic heterocycles. The third-order valence-electron chi connectivity index (χ3n) is 3.56. The summed E-state index contributed by atoms with van der Waals surface area (Å²) < 4.78 is 13.0. The van der Waals surface area contributed by atoms with Crippen molar-refractivity contribution in [2.45, 2.75) is 12.5 Å². The quantitative estimate of drug-likeness (QED) is 0.811. The molecule has 0 bridgehead atoms. The van der Waals surface area contributed by atoms with Gasteiger partial charge in [-0.2, -0.15) is 0 Å². The number of likely N-dealkylation sites (tertiary alicyclic amines) is 1. The highest BCUT2D eigenvalue weighted by atomic mass is 19.1. The van der Waals surface area contributed by atoms with Crippen LogP contribution in [-0.2, 0) is 9.59 Å². The normalized spacial score (nSPS) is 22.7. The minimum Gasteiger partial charge on any atom is -0.348 e. The second-order valence-corrected chi connectivity index (χ2v) is 5.04. The smallest absolute Gasteiger partial charge is 0.228 e. The fourth-order valence-electron chi connectivity index (χ4n) is 2.54. The zero-order valence-electron chi connectivity index (χ0n) is 11.3. The van der Waals surface area contributed by atoms with E-state index in [1.165, 1.54) is 17.0 Å². The Hall–Kier alpha value is -1.91. The Morgan fingerprint density at radius 1 is 1.32 bits per heavy atom. The van der Waals surface area contributed by atoms with Gasteiger partial charge in [-0.15, -0.1) is 0 Å². The fraction of sp³-hybridized carbons (Fsp3) is 0.429. The lowest BCUT2D eigenvalue weighted by molar-refractivity contribution is -0.134. The van der Waals surface area contributed by atoms with E-state index in [-0.39, 0.29) is 30.1 Å². The molecule has 19 heavy (non-hydrogen) atoms. The summed E-state index contributed by atoms with van der Waals surface area (Å²) >= 11 is 0. The Bertz CT molecular complexity index is 499. The fourth-order valence-corrected chi connectivity index (χ4v) is 2.54. The molecule has 1 heterocycles. The van der Waals surface area contributed by atoms with Crippen LogP contribution in [0.4, 0.5) is 4.39 Å². The molecule has 102 valence electrons. The predicted molar refractivity (Wildman–Crippen MR) is 68.7 cm³/mol. The van der Waals surface area contributed by atoms with Crippen molar-refractivity contribution in [2.24, 2.45) is 5.92 Å². The molecule has 2 amide bonds. The summed E-state index contributed by atoms with van der Waals surface area (Å²) in [6.45, 7) is 0. The molecule has 1 fully saturated rings. The highest BCUT2D eigenvalue weighted by Crippen LogP contribution is 2.37. The van der Waals surface area contributed by atoms with Gasteiger partial charge in [0.25, 0.3) is 0 Å². The summed E-state index contributed by atoms with van der Waals surface area (Å²) in [4.78, 5) is 27.1. The van der Waals surface area contributed by atoms with Gasteiger partial charge in [-0.25, -0.2) is 4.39 Å². The van der Waals surface area contributed by atoms with Gasteiger partial charge in [-0.1, -0.05) is 12.1 Å². The van der Waals surface area contributed by atoms with Crippen molar-refractivity contribution in [3.63, 3.8) is 0 Å². The number of nitrogens with zero attached hydrogens (tertiary/aromatic N) is 2. The Labute approximate surface area is 111 Å². The van der Waals surface area contributed by atoms with E-state index in [1.807, 2.05) is 0 Å². The maximum absolute atomic E-state index is 13.0. The molecule has 0 N–H and O–H groups in total. The van der Waals surface area contributed by atoms with Crippen molar-refractivity contribution >= 4 is 11.8 Å². The van der Waals surface area contributed by atoms with Gasteiger partial charge in [0.05, 0.1) is 12.0 Å². The Balaban J connectivity index is 2.36. The number of rotatable bonds is 2. The van der Waals surface area contributed by atoms with Crippen LogP contribution in [0.5, 0.6) is 0 Å². The molecule has 1 aromatic rings. The van der Waals surface area contributed by atoms with Gasteiger partial charge in [0.2, 0.25) is 11.8 Å². The summed E-state index contributed by atoms with van der Waals surface area (Å²) in [5.41, 5.74) is 0.787. The molecule has 0 spiro atoms. The van der Waals surface area contributed by atoms with Gasteiger partial charge in [-0.05, 0) is 17.7 Å². The molecule has 2 atom stereocenters. The van der Waals surface area contributed by atoms with Crippen LogP contribution in [-0.4, -0.2) is 42.8 Å². The van der Waals surface area contributed by atoms with Crippen LogP contribution in [0.1, 0.15) is 18.0 Å². The molecular formula is C14H17FN2O2. The zero-order chi connectivity index (χ0) is 14.2. The van der Waals surface area contributed by atoms with Crippen LogP contribution >= 0.6 is 0 Å². The van der Waals surface area contributed by atoms with E-state index in [1.54, 1.807) is 38.2 Å². The van der Waals surface area contributed by atoms with Crippen LogP contribution in [0.15, 0.2) is 24.3 Å². The average molecular weight is 264 g/mol. The highest BCUT2D eigenvalue weighted by molar-refractivity contribution is 5.90. The largest absolute Gasteiger partial charge is 0.348 e. The lowest BCUT2D eigenvalue weighted by Crippen LogP contribution is -2.33. The van der Waals surface area contributed by atoms with E-state index in [4.69, 9.17) is 0 Å². The minimum atomic E-state index is -0.405. The van der Waals surface area contributed by atoms with E-state index < -0.39 is 5.92 Å². The summed E-state index contributed by atoms with van der Waals surface area (Å²) in [6.07, 6.45) is 0.204. The number of carbonyl (C=O) groups is 2. The number of hydrogen-bond donors (Lipinski definition) is 0. The third-order valence-corrected chi connectivity index (χ3v) is 3.56. The van der Waals surface area contributed by atoms with Crippen LogP contribution in [0.2, 0.25) is 0 Å². The zero-order valence-corrected chi connectivity index (χ0v) is 11.3. The Morgan fingerprint density at radius 2 is 1.89 bits per heavy atom. The molecule has 0 saturated carbocycles. The number of halogens is 1. The average Bonchev–Trinajstić information content (AvgIpc) is 2.66. The first kappa shape index (κ1) is 13.5. The summed E-state index contributed by atoms with van der Waals surface area (Å²) in [6, 6.07) is 5.64. The molecule has 0 aromatic heterocycles. The van der Waals surface area contributed by atoms with Crippen LogP contribution < -0.4 is 0 Å². The van der Waals surface area contributed by atoms with E-state index in [2.05, 4.69) is 0 Å². The van der Waals surface area contributed by atoms with Crippen molar-refractivity contribution in [1.29, 1.82) is 0 Å². The summed E-state index contributed by atoms with van der Waals surface area (Å²) in [5.74, 6) is -0.870. The molecule has 0 aliphatic carbocycles. The number of carbonyl (C=O) groups excluding carboxylic acids is 2. The summed E-state index contributed by atoms with van der Waals surface area (Å²) in [7, 11) is 5.03. The molecule has 1 saturated heterocycles. The molecular weight excluding hydrogens is 247 g/mol. The highest BCUT2D eigenvalue weighted by Gasteiger charge is 2.43. The van der Waals surface area contributed by atoms with E-state index in [9.17, 15) is 14.0 Å². The molecule has 0 radical (unpaired) electrons. The van der Waals surface area contributed by atoms with E-state index >= 15 is 0 Å². The number of hydrogen-bond acceptors (Lipinski definition) is 2. The Kier molecular flexibility index (Phi) is 3.55. The van der Waals surface area contributed by atoms with Gasteiger partial charge in [-0.3, -0.25) is 9.59 Å². The lowest BCUT2D eigenvalue weighted by atomic mass is 9.92. The van der Waals surface area contributed by atoms with Crippen LogP contribution in [0.3, 0.4) is 0 Å². The van der Waals surface area contributed by atoms with Crippen LogP contribution in [0, 0.1) is 11.7 Å². The molecule has 5 heteroatoms. The van der Waals surface area contributed by atoms with Gasteiger partial charge < -0.3 is 9.80 Å². The number of amides is 2. The molecule has 1 aliphatic rings. The van der Waals surface area contributed by atoms with Gasteiger partial charge in [0.1, 0.15) is 5.82 Å². The SMILES string of the molecule is CN(C)C(=O)C1CC(=O)N(C)C1c1ccc(F)cc1. The maximum atomic E-state index is 13.0. The molecule has 1 aromatic carbocycles. The topological polar surface area (TPSA) is 40.6 Å². The van der Waals surface area contributed by atoms with Crippen molar-refractivity contribution in [1.82, 2.24) is 9.80 Å². The van der Waals surface area contributed by atoms with E-state index in [0.717, 1.165) is 5.56 Å². The predicted octanol–water partition coefficient (Wildman–Crippen LogP) is 1.43. The lowest BCUT2D eigenvalue weighted by Gasteiger charge is -2.26. The third kappa shape index (κ3) is 2.45. The minimum absolute atomic E-state index is 0.0606. The van der Waals surface area contributed by atoms with Crippen LogP contribution in [0.25, 0.3) is 0 Å². The second kappa shape index (κ2) is 4.99. The monoisotopic (exact) mass is 264 g/mol. The maximum Gasteiger partial charge on any atom is 0.228 e. The van der Waals surface area contributed by atoms with Crippen molar-refractivity contribution in [3.8, 4) is 0 Å². The van der Waals surface area contributed by atoms with Crippen molar-refractivity contribution in [3.05, 3.63) is 35.6 Å². The van der Waals surface area contributed by atoms with Gasteiger partial charge >= 0.3 is 0 Å². The standard InChI is InChI=1S/C14H17FN2O2/c1-16(2)14(19)11-8-12(18)17(3)13(11)9-4-6-10(15)7-5-9/h4-7,11,13H,8H2,1-3H3. The first-order valence-electron chi connectivity index (χ1n) is 6.14. The molecule has 4 nitrogen and oxygen atoms in total. The number of benzene rings is 1. The Morgan fingerprint density at radius 3 is 2.42 bits per heavy atom. The first-order valence-corrected chi connectivity index (χ1v) is 6.14. The summed E-state index contributed by atoms with van der Waals surface area (Å²) in [5, 5.41) is 0. The second-order valence-electron chi connectivity index (χ2n) is 5.04. The first-order chi connectivity index (χ1) is 8.91. The van der Waals surface area contributed by atoms with Crippen molar-refractivity contribution < 1.29 is 14.0 Å². The van der Waals surface area contributed by atoms with E-state index in [0.29, 0.717) is 0 Å².